The number of hydrogen-bond acceptors (Lipinski definition) is 4. The highest BCUT2D eigenvalue weighted by Gasteiger charge is 2.16. The lowest BCUT2D eigenvalue weighted by molar-refractivity contribution is 0.00743. The third kappa shape index (κ3) is 3.05. The molecule has 1 saturated heterocycles. The van der Waals surface area contributed by atoms with Crippen molar-refractivity contribution in [2.45, 2.75) is 18.9 Å². The smallest absolute Gasteiger partial charge is 0.171 e. The molecule has 1 aliphatic rings. The predicted octanol–water partition coefficient (Wildman–Crippen LogP) is 1.99. The van der Waals surface area contributed by atoms with Gasteiger partial charge in [-0.25, -0.2) is 0 Å². The number of rotatable bonds is 3. The first-order valence-electron chi connectivity index (χ1n) is 5.72. The maximum absolute atomic E-state index is 8.60. The summed E-state index contributed by atoms with van der Waals surface area (Å²) in [5.41, 5.74) is 5.96. The first-order chi connectivity index (χ1) is 8.70. The Balaban J connectivity index is 2.08. The zero-order valence-corrected chi connectivity index (χ0v) is 10.6. The number of nitrogens with two attached hydrogens (primary N) is 1. The van der Waals surface area contributed by atoms with E-state index >= 15 is 0 Å². The van der Waals surface area contributed by atoms with E-state index in [4.69, 9.17) is 32.0 Å². The lowest BCUT2D eigenvalue weighted by atomic mass is 10.1. The predicted molar refractivity (Wildman–Crippen MR) is 68.4 cm³/mol. The molecule has 5 nitrogen and oxygen atoms in total. The molecule has 98 valence electrons. The normalized spacial score (nSPS) is 20.7. The monoisotopic (exact) mass is 270 g/mol. The van der Waals surface area contributed by atoms with E-state index in [1.807, 2.05) is 0 Å². The number of nitrogens with zero attached hydrogens (tertiary/aromatic N) is 1. The summed E-state index contributed by atoms with van der Waals surface area (Å²) < 4.78 is 11.1. The fraction of sp³-hybridized carbons (Fsp3) is 0.417. The fourth-order valence-electron chi connectivity index (χ4n) is 1.83. The maximum Gasteiger partial charge on any atom is 0.171 e. The second kappa shape index (κ2) is 5.93. The number of halogens is 1. The molecule has 0 saturated carbocycles. The summed E-state index contributed by atoms with van der Waals surface area (Å²) in [6.07, 6.45) is 2.03. The molecular formula is C12H15ClN2O3. The van der Waals surface area contributed by atoms with Crippen LogP contribution in [0.5, 0.6) is 5.75 Å². The van der Waals surface area contributed by atoms with Gasteiger partial charge in [0.2, 0.25) is 0 Å². The minimum absolute atomic E-state index is 0.0208. The molecule has 18 heavy (non-hydrogen) atoms. The van der Waals surface area contributed by atoms with Crippen LogP contribution in [0.3, 0.4) is 0 Å². The highest BCUT2D eigenvalue weighted by Crippen LogP contribution is 2.24. The number of amidine groups is 1. The Morgan fingerprint density at radius 2 is 2.39 bits per heavy atom. The average Bonchev–Trinajstić information content (AvgIpc) is 2.39. The van der Waals surface area contributed by atoms with Gasteiger partial charge in [-0.05, 0) is 31.0 Å². The van der Waals surface area contributed by atoms with E-state index in [9.17, 15) is 0 Å². The van der Waals surface area contributed by atoms with E-state index in [0.717, 1.165) is 19.4 Å². The van der Waals surface area contributed by atoms with Gasteiger partial charge < -0.3 is 20.4 Å². The summed E-state index contributed by atoms with van der Waals surface area (Å²) in [6, 6.07) is 5.06. The third-order valence-corrected chi connectivity index (χ3v) is 3.06. The van der Waals surface area contributed by atoms with Crippen LogP contribution in [0.1, 0.15) is 18.4 Å². The van der Waals surface area contributed by atoms with Crippen LogP contribution >= 0.6 is 11.6 Å². The van der Waals surface area contributed by atoms with Gasteiger partial charge in [0.1, 0.15) is 11.9 Å². The molecule has 0 aliphatic carbocycles. The van der Waals surface area contributed by atoms with E-state index in [1.165, 1.54) is 0 Å². The highest BCUT2D eigenvalue weighted by molar-refractivity contribution is 6.34. The summed E-state index contributed by atoms with van der Waals surface area (Å²) in [6.45, 7) is 1.39. The maximum atomic E-state index is 8.60. The van der Waals surface area contributed by atoms with Gasteiger partial charge in [0.25, 0.3) is 0 Å². The van der Waals surface area contributed by atoms with Crippen molar-refractivity contribution < 1.29 is 14.7 Å². The molecule has 6 heteroatoms. The first-order valence-corrected chi connectivity index (χ1v) is 6.10. The van der Waals surface area contributed by atoms with Gasteiger partial charge in [0.15, 0.2) is 5.84 Å². The van der Waals surface area contributed by atoms with Crippen LogP contribution in [-0.4, -0.2) is 30.4 Å². The molecule has 1 aromatic carbocycles. The molecule has 0 amide bonds. The number of oxime groups is 1. The molecule has 0 spiro atoms. The minimum Gasteiger partial charge on any atom is -0.488 e. The van der Waals surface area contributed by atoms with Crippen molar-refractivity contribution in [1.82, 2.24) is 0 Å². The Kier molecular flexibility index (Phi) is 4.28. The van der Waals surface area contributed by atoms with Crippen LogP contribution in [0.15, 0.2) is 23.4 Å². The fourth-order valence-corrected chi connectivity index (χ4v) is 2.09. The Morgan fingerprint density at radius 1 is 1.56 bits per heavy atom. The van der Waals surface area contributed by atoms with Crippen molar-refractivity contribution >= 4 is 17.4 Å². The Bertz CT molecular complexity index is 445. The average molecular weight is 271 g/mol. The van der Waals surface area contributed by atoms with Crippen LogP contribution in [-0.2, 0) is 4.74 Å². The lowest BCUT2D eigenvalue weighted by Gasteiger charge is -2.23. The van der Waals surface area contributed by atoms with Gasteiger partial charge in [0.05, 0.1) is 11.6 Å². The molecule has 0 bridgehead atoms. The molecule has 0 radical (unpaired) electrons. The van der Waals surface area contributed by atoms with Gasteiger partial charge in [0, 0.05) is 12.2 Å². The van der Waals surface area contributed by atoms with E-state index in [0.29, 0.717) is 22.9 Å². The summed E-state index contributed by atoms with van der Waals surface area (Å²) in [5, 5.41) is 11.9. The van der Waals surface area contributed by atoms with Crippen LogP contribution < -0.4 is 10.5 Å². The second-order valence-corrected chi connectivity index (χ2v) is 4.49. The molecule has 1 heterocycles. The quantitative estimate of drug-likeness (QED) is 0.381. The first kappa shape index (κ1) is 13.0. The SMILES string of the molecule is N/C(=N/O)c1ccc(OC2CCCOC2)cc1Cl. The van der Waals surface area contributed by atoms with Crippen molar-refractivity contribution in [3.05, 3.63) is 28.8 Å². The molecular weight excluding hydrogens is 256 g/mol. The number of ether oxygens (including phenoxy) is 2. The van der Waals surface area contributed by atoms with E-state index in [2.05, 4.69) is 5.16 Å². The molecule has 1 aromatic rings. The largest absolute Gasteiger partial charge is 0.488 e. The van der Waals surface area contributed by atoms with Crippen molar-refractivity contribution in [3.8, 4) is 5.75 Å². The standard InChI is InChI=1S/C12H15ClN2O3/c13-11-6-8(3-4-10(11)12(14)15-16)18-9-2-1-5-17-7-9/h3-4,6,9,16H,1-2,5,7H2,(H2,14,15). The van der Waals surface area contributed by atoms with Gasteiger partial charge in [-0.2, -0.15) is 0 Å². The summed E-state index contributed by atoms with van der Waals surface area (Å²) in [5.74, 6) is 0.637. The number of benzene rings is 1. The van der Waals surface area contributed by atoms with Crippen LogP contribution in [0.25, 0.3) is 0 Å². The number of hydrogen-bond donors (Lipinski definition) is 2. The lowest BCUT2D eigenvalue weighted by Crippen LogP contribution is -2.28. The van der Waals surface area contributed by atoms with Crippen LogP contribution in [0, 0.1) is 0 Å². The second-order valence-electron chi connectivity index (χ2n) is 4.08. The topological polar surface area (TPSA) is 77.1 Å². The molecule has 1 unspecified atom stereocenters. The Labute approximate surface area is 110 Å². The van der Waals surface area contributed by atoms with Crippen molar-refractivity contribution in [3.63, 3.8) is 0 Å². The van der Waals surface area contributed by atoms with E-state index in [1.54, 1.807) is 18.2 Å². The van der Waals surface area contributed by atoms with Gasteiger partial charge in [-0.15, -0.1) is 0 Å². The van der Waals surface area contributed by atoms with E-state index < -0.39 is 0 Å². The van der Waals surface area contributed by atoms with Crippen LogP contribution in [0.2, 0.25) is 5.02 Å². The molecule has 1 atom stereocenters. The highest BCUT2D eigenvalue weighted by atomic mass is 35.5. The van der Waals surface area contributed by atoms with Gasteiger partial charge in [-0.3, -0.25) is 0 Å². The molecule has 1 aliphatic heterocycles. The molecule has 3 N–H and O–H groups in total. The van der Waals surface area contributed by atoms with Crippen molar-refractivity contribution in [1.29, 1.82) is 0 Å². The van der Waals surface area contributed by atoms with E-state index in [-0.39, 0.29) is 11.9 Å². The molecule has 0 aromatic heterocycles. The van der Waals surface area contributed by atoms with Gasteiger partial charge in [-0.1, -0.05) is 16.8 Å². The van der Waals surface area contributed by atoms with Crippen LogP contribution in [0.4, 0.5) is 0 Å². The Morgan fingerprint density at radius 3 is 3.00 bits per heavy atom. The zero-order valence-electron chi connectivity index (χ0n) is 9.80. The Hall–Kier alpha value is -1.46. The van der Waals surface area contributed by atoms with Crippen molar-refractivity contribution in [2.24, 2.45) is 10.9 Å². The van der Waals surface area contributed by atoms with Gasteiger partial charge >= 0.3 is 0 Å². The molecule has 2 rings (SSSR count). The zero-order chi connectivity index (χ0) is 13.0. The minimum atomic E-state index is -0.0208. The van der Waals surface area contributed by atoms with Crippen molar-refractivity contribution in [2.75, 3.05) is 13.2 Å². The summed E-state index contributed by atoms with van der Waals surface area (Å²) >= 11 is 6.04. The summed E-state index contributed by atoms with van der Waals surface area (Å²) in [4.78, 5) is 0. The molecule has 1 fully saturated rings. The third-order valence-electron chi connectivity index (χ3n) is 2.75. The summed E-state index contributed by atoms with van der Waals surface area (Å²) in [7, 11) is 0.